The fourth-order valence-electron chi connectivity index (χ4n) is 2.24. The number of hydrogen-bond donors (Lipinski definition) is 1. The van der Waals surface area contributed by atoms with E-state index in [0.717, 1.165) is 26.9 Å². The summed E-state index contributed by atoms with van der Waals surface area (Å²) in [6.45, 7) is 0.00405. The largest absolute Gasteiger partial charge is 0.351 e. The fourth-order valence-corrected chi connectivity index (χ4v) is 5.06. The highest BCUT2D eigenvalue weighted by Crippen LogP contribution is 2.27. The molecule has 0 atom stereocenters. The summed E-state index contributed by atoms with van der Waals surface area (Å²) < 4.78 is 27.9. The summed E-state index contributed by atoms with van der Waals surface area (Å²) >= 11 is 6.74. The van der Waals surface area contributed by atoms with Crippen LogP contribution >= 0.6 is 22.9 Å². The van der Waals surface area contributed by atoms with E-state index in [4.69, 9.17) is 11.6 Å². The third-order valence-corrected chi connectivity index (χ3v) is 7.19. The number of amides is 1. The minimum absolute atomic E-state index is 0.103. The van der Waals surface area contributed by atoms with Crippen molar-refractivity contribution in [1.29, 1.82) is 0 Å². The van der Waals surface area contributed by atoms with Gasteiger partial charge in [-0.3, -0.25) is 4.79 Å². The van der Waals surface area contributed by atoms with Crippen molar-refractivity contribution in [2.75, 3.05) is 13.6 Å². The lowest BCUT2D eigenvalue weighted by Crippen LogP contribution is -2.37. The lowest BCUT2D eigenvalue weighted by Gasteiger charge is -2.15. The number of aromatic nitrogens is 3. The maximum atomic E-state index is 12.4. The first-order valence-electron chi connectivity index (χ1n) is 7.78. The van der Waals surface area contributed by atoms with Crippen LogP contribution < -0.4 is 5.32 Å². The zero-order valence-corrected chi connectivity index (χ0v) is 16.6. The van der Waals surface area contributed by atoms with Crippen LogP contribution in [-0.2, 0) is 21.4 Å². The van der Waals surface area contributed by atoms with Gasteiger partial charge in [0, 0.05) is 13.6 Å². The van der Waals surface area contributed by atoms with Gasteiger partial charge < -0.3 is 5.32 Å². The quantitative estimate of drug-likeness (QED) is 0.623. The van der Waals surface area contributed by atoms with Gasteiger partial charge in [-0.05, 0) is 29.8 Å². The normalized spacial score (nSPS) is 11.7. The first-order chi connectivity index (χ1) is 12.9. The van der Waals surface area contributed by atoms with E-state index in [1.54, 1.807) is 11.0 Å². The van der Waals surface area contributed by atoms with Gasteiger partial charge in [-0.25, -0.2) is 18.1 Å². The number of carbonyl (C=O) groups excluding carboxylic acids is 1. The average Bonchev–Trinajstić information content (AvgIpc) is 3.32. The van der Waals surface area contributed by atoms with Crippen molar-refractivity contribution in [3.63, 3.8) is 0 Å². The lowest BCUT2D eigenvalue weighted by atomic mass is 10.2. The van der Waals surface area contributed by atoms with Crippen LogP contribution in [-0.4, -0.2) is 47.0 Å². The predicted octanol–water partition coefficient (Wildman–Crippen LogP) is 1.92. The van der Waals surface area contributed by atoms with Crippen molar-refractivity contribution in [1.82, 2.24) is 24.4 Å². The van der Waals surface area contributed by atoms with Crippen molar-refractivity contribution in [2.24, 2.45) is 0 Å². The Balaban J connectivity index is 1.55. The number of rotatable bonds is 7. The predicted molar refractivity (Wildman–Crippen MR) is 102 cm³/mol. The molecule has 0 aliphatic rings. The molecule has 1 aromatic carbocycles. The molecule has 3 rings (SSSR count). The summed E-state index contributed by atoms with van der Waals surface area (Å²) in [4.78, 5) is 16.0. The molecule has 0 saturated carbocycles. The van der Waals surface area contributed by atoms with E-state index in [9.17, 15) is 13.2 Å². The SMILES string of the molecule is CN(CC(=O)NCc1ccc(-n2cncn2)cc1)S(=O)(=O)c1ccc(Cl)s1. The summed E-state index contributed by atoms with van der Waals surface area (Å²) in [6, 6.07) is 10.3. The van der Waals surface area contributed by atoms with Crippen LogP contribution in [0.25, 0.3) is 5.69 Å². The molecule has 11 heteroatoms. The van der Waals surface area contributed by atoms with E-state index in [2.05, 4.69) is 15.4 Å². The van der Waals surface area contributed by atoms with E-state index in [1.165, 1.54) is 25.5 Å². The minimum Gasteiger partial charge on any atom is -0.351 e. The Hall–Kier alpha value is -2.27. The summed E-state index contributed by atoms with van der Waals surface area (Å²) in [7, 11) is -2.38. The maximum Gasteiger partial charge on any atom is 0.252 e. The lowest BCUT2D eigenvalue weighted by molar-refractivity contribution is -0.121. The minimum atomic E-state index is -3.74. The number of nitrogens with one attached hydrogen (secondary N) is 1. The molecule has 0 aliphatic carbocycles. The second kappa shape index (κ2) is 8.17. The Morgan fingerprint density at radius 1 is 1.26 bits per heavy atom. The summed E-state index contributed by atoms with van der Waals surface area (Å²) in [6.07, 6.45) is 3.04. The molecule has 0 fully saturated rings. The molecule has 0 spiro atoms. The first kappa shape index (κ1) is 19.5. The molecule has 142 valence electrons. The van der Waals surface area contributed by atoms with E-state index in [-0.39, 0.29) is 17.3 Å². The van der Waals surface area contributed by atoms with Gasteiger partial charge in [0.25, 0.3) is 10.0 Å². The number of halogens is 1. The highest BCUT2D eigenvalue weighted by molar-refractivity contribution is 7.91. The molecule has 2 aromatic heterocycles. The monoisotopic (exact) mass is 425 g/mol. The van der Waals surface area contributed by atoms with Gasteiger partial charge in [0.05, 0.1) is 16.6 Å². The van der Waals surface area contributed by atoms with Gasteiger partial charge in [-0.15, -0.1) is 11.3 Å². The average molecular weight is 426 g/mol. The Bertz CT molecular complexity index is 1020. The molecule has 0 unspecified atom stereocenters. The van der Waals surface area contributed by atoms with Crippen LogP contribution in [0.15, 0.2) is 53.3 Å². The molecule has 0 bridgehead atoms. The zero-order valence-electron chi connectivity index (χ0n) is 14.2. The Labute approximate surface area is 165 Å². The zero-order chi connectivity index (χ0) is 19.4. The van der Waals surface area contributed by atoms with Crippen LogP contribution in [0.4, 0.5) is 0 Å². The molecule has 8 nitrogen and oxygen atoms in total. The number of thiophene rings is 1. The van der Waals surface area contributed by atoms with Crippen LogP contribution in [0.2, 0.25) is 4.34 Å². The fraction of sp³-hybridized carbons (Fsp3) is 0.188. The van der Waals surface area contributed by atoms with E-state index < -0.39 is 15.9 Å². The van der Waals surface area contributed by atoms with Gasteiger partial charge in [-0.2, -0.15) is 9.40 Å². The molecular weight excluding hydrogens is 410 g/mol. The van der Waals surface area contributed by atoms with E-state index in [0.29, 0.717) is 4.34 Å². The number of carbonyl (C=O) groups is 1. The van der Waals surface area contributed by atoms with Crippen LogP contribution in [0, 0.1) is 0 Å². The topological polar surface area (TPSA) is 97.2 Å². The first-order valence-corrected chi connectivity index (χ1v) is 10.4. The molecule has 3 aromatic rings. The van der Waals surface area contributed by atoms with E-state index >= 15 is 0 Å². The second-order valence-electron chi connectivity index (χ2n) is 5.60. The van der Waals surface area contributed by atoms with Crippen LogP contribution in [0.3, 0.4) is 0 Å². The second-order valence-corrected chi connectivity index (χ2v) is 9.59. The third kappa shape index (κ3) is 4.72. The van der Waals surface area contributed by atoms with Gasteiger partial charge in [-0.1, -0.05) is 23.7 Å². The molecule has 1 N–H and O–H groups in total. The highest BCUT2D eigenvalue weighted by Gasteiger charge is 2.24. The third-order valence-electron chi connectivity index (χ3n) is 3.69. The summed E-state index contributed by atoms with van der Waals surface area (Å²) in [5.41, 5.74) is 1.73. The van der Waals surface area contributed by atoms with Gasteiger partial charge in [0.15, 0.2) is 0 Å². The summed E-state index contributed by atoms with van der Waals surface area (Å²) in [5, 5.41) is 6.75. The molecule has 0 aliphatic heterocycles. The van der Waals surface area contributed by atoms with Crippen LogP contribution in [0.1, 0.15) is 5.56 Å². The van der Waals surface area contributed by atoms with Crippen molar-refractivity contribution >= 4 is 38.9 Å². The highest BCUT2D eigenvalue weighted by atomic mass is 35.5. The van der Waals surface area contributed by atoms with Crippen molar-refractivity contribution in [3.05, 3.63) is 59.0 Å². The number of benzene rings is 1. The molecular formula is C16H16ClN5O3S2. The summed E-state index contributed by atoms with van der Waals surface area (Å²) in [5.74, 6) is -0.399. The maximum absolute atomic E-state index is 12.4. The van der Waals surface area contributed by atoms with Gasteiger partial charge >= 0.3 is 0 Å². The Morgan fingerprint density at radius 2 is 2.00 bits per heavy atom. The number of likely N-dealkylation sites (N-methyl/N-ethyl adjacent to an activating group) is 1. The van der Waals surface area contributed by atoms with Crippen molar-refractivity contribution in [2.45, 2.75) is 10.8 Å². The number of hydrogen-bond acceptors (Lipinski definition) is 6. The van der Waals surface area contributed by atoms with Crippen molar-refractivity contribution in [3.8, 4) is 5.69 Å². The Morgan fingerprint density at radius 3 is 2.59 bits per heavy atom. The van der Waals surface area contributed by atoms with E-state index in [1.807, 2.05) is 24.3 Å². The molecule has 1 amide bonds. The standard InChI is InChI=1S/C16H16ClN5O3S2/c1-21(27(24,25)16-7-6-14(17)26-16)9-15(23)19-8-12-2-4-13(5-3-12)22-11-18-10-20-22/h2-7,10-11H,8-9H2,1H3,(H,19,23). The molecule has 0 radical (unpaired) electrons. The van der Waals surface area contributed by atoms with Crippen LogP contribution in [0.5, 0.6) is 0 Å². The molecule has 27 heavy (non-hydrogen) atoms. The number of nitrogens with zero attached hydrogens (tertiary/aromatic N) is 4. The molecule has 0 saturated heterocycles. The Kier molecular flexibility index (Phi) is 5.90. The van der Waals surface area contributed by atoms with Crippen molar-refractivity contribution < 1.29 is 13.2 Å². The van der Waals surface area contributed by atoms with Gasteiger partial charge in [0.1, 0.15) is 16.9 Å². The van der Waals surface area contributed by atoms with Gasteiger partial charge in [0.2, 0.25) is 5.91 Å². The smallest absolute Gasteiger partial charge is 0.252 e. The molecule has 2 heterocycles. The number of sulfonamides is 1.